The summed E-state index contributed by atoms with van der Waals surface area (Å²) in [5, 5.41) is 9.65. The van der Waals surface area contributed by atoms with E-state index in [1.54, 1.807) is 6.92 Å². The van der Waals surface area contributed by atoms with Gasteiger partial charge in [-0.15, -0.1) is 0 Å². The van der Waals surface area contributed by atoms with Gasteiger partial charge >= 0.3 is 5.97 Å². The molecule has 2 aliphatic rings. The van der Waals surface area contributed by atoms with E-state index in [4.69, 9.17) is 4.74 Å². The third kappa shape index (κ3) is 7.89. The number of hydrogen-bond acceptors (Lipinski definition) is 3. The van der Waals surface area contributed by atoms with Crippen molar-refractivity contribution in [2.24, 2.45) is 29.6 Å². The van der Waals surface area contributed by atoms with E-state index in [0.29, 0.717) is 18.1 Å². The molecule has 0 aliphatic heterocycles. The molecule has 0 saturated heterocycles. The maximum absolute atomic E-state index is 11.6. The van der Waals surface area contributed by atoms with E-state index in [0.717, 1.165) is 24.2 Å². The topological polar surface area (TPSA) is 46.5 Å². The van der Waals surface area contributed by atoms with Gasteiger partial charge in [-0.1, -0.05) is 64.9 Å². The van der Waals surface area contributed by atoms with Crippen LogP contribution < -0.4 is 0 Å². The predicted molar refractivity (Wildman–Crippen MR) is 116 cm³/mol. The number of ether oxygens (including phenoxy) is 1. The maximum atomic E-state index is 11.6. The van der Waals surface area contributed by atoms with Crippen molar-refractivity contribution in [1.82, 2.24) is 0 Å². The van der Waals surface area contributed by atoms with E-state index in [1.165, 1.54) is 77.0 Å². The normalized spacial score (nSPS) is 29.2. The van der Waals surface area contributed by atoms with E-state index in [1.807, 2.05) is 0 Å². The number of carbonyl (C=O) groups excluding carboxylic acids is 1. The Bertz CT molecular complexity index is 456. The number of unbranched alkanes of at least 4 members (excludes halogenated alkanes) is 2. The minimum absolute atomic E-state index is 0.0726. The Morgan fingerprint density at radius 2 is 1.57 bits per heavy atom. The summed E-state index contributed by atoms with van der Waals surface area (Å²) in [6.45, 7) is 8.00. The van der Waals surface area contributed by atoms with Crippen LogP contribution in [0, 0.1) is 29.6 Å². The minimum Gasteiger partial charge on any atom is -0.462 e. The Balaban J connectivity index is 1.64. The van der Waals surface area contributed by atoms with Gasteiger partial charge in [0.2, 0.25) is 0 Å². The second kappa shape index (κ2) is 12.7. The first kappa shape index (κ1) is 23.4. The summed E-state index contributed by atoms with van der Waals surface area (Å²) < 4.78 is 5.26. The first-order chi connectivity index (χ1) is 13.5. The number of esters is 1. The van der Waals surface area contributed by atoms with Gasteiger partial charge in [0.1, 0.15) is 0 Å². The summed E-state index contributed by atoms with van der Waals surface area (Å²) in [6, 6.07) is 0. The zero-order valence-electron chi connectivity index (χ0n) is 18.5. The lowest BCUT2D eigenvalue weighted by Crippen LogP contribution is -2.27. The molecule has 2 saturated carbocycles. The lowest BCUT2D eigenvalue weighted by molar-refractivity contribution is -0.140. The van der Waals surface area contributed by atoms with Gasteiger partial charge in [0, 0.05) is 18.1 Å². The standard InChI is InChI=1S/C25H44O3/c1-4-5-6-7-20-8-12-23(13-9-20)24-14-10-21(11-15-24)16-22(17-26)18-28-25(27)19(2)3/h20-24,26H,2,4-18H2,1,3H3. The average Bonchev–Trinajstić information content (AvgIpc) is 2.72. The molecule has 2 rings (SSSR count). The fourth-order valence-electron chi connectivity index (χ4n) is 5.51. The summed E-state index contributed by atoms with van der Waals surface area (Å²) in [5.74, 6) is 3.32. The SMILES string of the molecule is C=C(C)C(=O)OCC(CO)CC1CCC(C2CCC(CCCCC)CC2)CC1. The van der Waals surface area contributed by atoms with E-state index in [9.17, 15) is 9.90 Å². The zero-order chi connectivity index (χ0) is 20.4. The first-order valence-corrected chi connectivity index (χ1v) is 12.0. The Labute approximate surface area is 173 Å². The van der Waals surface area contributed by atoms with Crippen LogP contribution in [0.2, 0.25) is 0 Å². The number of carbonyl (C=O) groups is 1. The smallest absolute Gasteiger partial charge is 0.333 e. The second-order valence-corrected chi connectivity index (χ2v) is 9.72. The van der Waals surface area contributed by atoms with Crippen LogP contribution in [-0.4, -0.2) is 24.3 Å². The predicted octanol–water partition coefficient (Wildman–Crippen LogP) is 6.30. The van der Waals surface area contributed by atoms with Crippen LogP contribution >= 0.6 is 0 Å². The number of rotatable bonds is 11. The molecule has 0 aromatic rings. The fourth-order valence-corrected chi connectivity index (χ4v) is 5.51. The summed E-state index contributed by atoms with van der Waals surface area (Å²) in [7, 11) is 0. The van der Waals surface area contributed by atoms with Crippen molar-refractivity contribution in [2.75, 3.05) is 13.2 Å². The van der Waals surface area contributed by atoms with Gasteiger partial charge in [0.25, 0.3) is 0 Å². The Hall–Kier alpha value is -0.830. The van der Waals surface area contributed by atoms with E-state index >= 15 is 0 Å². The molecule has 2 fully saturated rings. The molecule has 2 aliphatic carbocycles. The second-order valence-electron chi connectivity index (χ2n) is 9.72. The van der Waals surface area contributed by atoms with Gasteiger partial charge in [-0.05, 0) is 62.7 Å². The molecule has 1 N–H and O–H groups in total. The van der Waals surface area contributed by atoms with Crippen LogP contribution in [0.5, 0.6) is 0 Å². The largest absolute Gasteiger partial charge is 0.462 e. The lowest BCUT2D eigenvalue weighted by Gasteiger charge is -2.38. The summed E-state index contributed by atoms with van der Waals surface area (Å²) in [4.78, 5) is 11.6. The number of aliphatic hydroxyl groups excluding tert-OH is 1. The van der Waals surface area contributed by atoms with Crippen LogP contribution in [0.1, 0.15) is 97.3 Å². The van der Waals surface area contributed by atoms with Crippen molar-refractivity contribution >= 4 is 5.97 Å². The summed E-state index contributed by atoms with van der Waals surface area (Å²) >= 11 is 0. The van der Waals surface area contributed by atoms with Crippen molar-refractivity contribution < 1.29 is 14.6 Å². The quantitative estimate of drug-likeness (QED) is 0.255. The van der Waals surface area contributed by atoms with Crippen LogP contribution in [0.25, 0.3) is 0 Å². The molecular weight excluding hydrogens is 348 g/mol. The highest BCUT2D eigenvalue weighted by Gasteiger charge is 2.31. The lowest BCUT2D eigenvalue weighted by atomic mass is 9.68. The van der Waals surface area contributed by atoms with Crippen LogP contribution in [0.15, 0.2) is 12.2 Å². The van der Waals surface area contributed by atoms with Gasteiger partial charge in [-0.2, -0.15) is 0 Å². The summed E-state index contributed by atoms with van der Waals surface area (Å²) in [5.41, 5.74) is 0.428. The van der Waals surface area contributed by atoms with Crippen molar-refractivity contribution in [3.63, 3.8) is 0 Å². The van der Waals surface area contributed by atoms with Crippen molar-refractivity contribution in [1.29, 1.82) is 0 Å². The summed E-state index contributed by atoms with van der Waals surface area (Å²) in [6.07, 6.45) is 17.8. The van der Waals surface area contributed by atoms with Crippen LogP contribution in [0.4, 0.5) is 0 Å². The molecular formula is C25H44O3. The Kier molecular flexibility index (Phi) is 10.6. The highest BCUT2D eigenvalue weighted by Crippen LogP contribution is 2.43. The van der Waals surface area contributed by atoms with E-state index in [2.05, 4.69) is 13.5 Å². The molecule has 0 heterocycles. The van der Waals surface area contributed by atoms with E-state index in [-0.39, 0.29) is 18.5 Å². The highest BCUT2D eigenvalue weighted by atomic mass is 16.5. The first-order valence-electron chi connectivity index (χ1n) is 12.0. The molecule has 0 radical (unpaired) electrons. The molecule has 3 heteroatoms. The van der Waals surface area contributed by atoms with Crippen molar-refractivity contribution in [3.8, 4) is 0 Å². The highest BCUT2D eigenvalue weighted by molar-refractivity contribution is 5.86. The van der Waals surface area contributed by atoms with Crippen LogP contribution in [-0.2, 0) is 9.53 Å². The monoisotopic (exact) mass is 392 g/mol. The van der Waals surface area contributed by atoms with Gasteiger partial charge in [0.05, 0.1) is 6.61 Å². The molecule has 1 unspecified atom stereocenters. The average molecular weight is 393 g/mol. The minimum atomic E-state index is -0.340. The molecule has 3 nitrogen and oxygen atoms in total. The van der Waals surface area contributed by atoms with E-state index < -0.39 is 0 Å². The molecule has 0 amide bonds. The Morgan fingerprint density at radius 1 is 1.00 bits per heavy atom. The molecule has 0 aromatic carbocycles. The third-order valence-corrected chi connectivity index (χ3v) is 7.39. The molecule has 162 valence electrons. The fraction of sp³-hybridized carbons (Fsp3) is 0.880. The van der Waals surface area contributed by atoms with Crippen molar-refractivity contribution in [2.45, 2.75) is 97.3 Å². The number of hydrogen-bond donors (Lipinski definition) is 1. The Morgan fingerprint density at radius 3 is 2.07 bits per heavy atom. The van der Waals surface area contributed by atoms with Crippen molar-refractivity contribution in [3.05, 3.63) is 12.2 Å². The molecule has 0 aromatic heterocycles. The zero-order valence-corrected chi connectivity index (χ0v) is 18.5. The van der Waals surface area contributed by atoms with Crippen LogP contribution in [0.3, 0.4) is 0 Å². The van der Waals surface area contributed by atoms with Gasteiger partial charge in [-0.25, -0.2) is 4.79 Å². The van der Waals surface area contributed by atoms with Gasteiger partial charge in [-0.3, -0.25) is 0 Å². The number of aliphatic hydroxyl groups is 1. The molecule has 28 heavy (non-hydrogen) atoms. The third-order valence-electron chi connectivity index (χ3n) is 7.39. The van der Waals surface area contributed by atoms with Gasteiger partial charge < -0.3 is 9.84 Å². The maximum Gasteiger partial charge on any atom is 0.333 e. The van der Waals surface area contributed by atoms with Gasteiger partial charge in [0.15, 0.2) is 0 Å². The molecule has 0 bridgehead atoms. The molecule has 0 spiro atoms. The molecule has 1 atom stereocenters.